The number of nitrogens with zero attached hydrogens (tertiary/aromatic N) is 1. The van der Waals surface area contributed by atoms with Crippen molar-refractivity contribution < 1.29 is 4.39 Å². The number of nitriles is 1. The smallest absolute Gasteiger partial charge is 0.0994 e. The molecule has 0 saturated heterocycles. The Morgan fingerprint density at radius 2 is 2.24 bits per heavy atom. The van der Waals surface area contributed by atoms with E-state index in [1.165, 1.54) is 0 Å². The molecular weight excluding hydrogens is 213 g/mol. The molecule has 17 heavy (non-hydrogen) atoms. The van der Waals surface area contributed by atoms with Crippen LogP contribution < -0.4 is 0 Å². The Labute approximate surface area is 103 Å². The zero-order valence-electron chi connectivity index (χ0n) is 10.6. The number of hydrogen-bond donors (Lipinski definition) is 0. The van der Waals surface area contributed by atoms with Crippen LogP contribution in [0, 0.1) is 17.2 Å². The number of allylic oxidation sites excluding steroid dienone is 2. The van der Waals surface area contributed by atoms with Crippen LogP contribution in [0.25, 0.3) is 5.57 Å². The van der Waals surface area contributed by atoms with E-state index in [9.17, 15) is 4.39 Å². The Morgan fingerprint density at radius 3 is 2.76 bits per heavy atom. The second-order valence-electron chi connectivity index (χ2n) is 4.42. The lowest BCUT2D eigenvalue weighted by Gasteiger charge is -2.10. The molecular formula is C15H18FN. The van der Waals surface area contributed by atoms with Gasteiger partial charge >= 0.3 is 0 Å². The zero-order chi connectivity index (χ0) is 12.8. The van der Waals surface area contributed by atoms with Gasteiger partial charge in [-0.25, -0.2) is 0 Å². The molecule has 0 saturated carbocycles. The third-order valence-electron chi connectivity index (χ3n) is 2.95. The summed E-state index contributed by atoms with van der Waals surface area (Å²) in [6.07, 6.45) is 2.63. The number of benzene rings is 1. The first-order valence-corrected chi connectivity index (χ1v) is 5.84. The van der Waals surface area contributed by atoms with Crippen molar-refractivity contribution in [3.8, 4) is 6.07 Å². The molecule has 1 nitrogen and oxygen atoms in total. The van der Waals surface area contributed by atoms with Gasteiger partial charge in [-0.15, -0.1) is 0 Å². The van der Waals surface area contributed by atoms with Crippen LogP contribution in [0.2, 0.25) is 0 Å². The summed E-state index contributed by atoms with van der Waals surface area (Å²) in [5.74, 6) is -0.0317. The molecule has 1 aromatic rings. The molecule has 0 spiro atoms. The molecule has 0 heterocycles. The topological polar surface area (TPSA) is 23.8 Å². The van der Waals surface area contributed by atoms with Crippen molar-refractivity contribution in [3.05, 3.63) is 41.0 Å². The van der Waals surface area contributed by atoms with E-state index < -0.39 is 0 Å². The average Bonchev–Trinajstić information content (AvgIpc) is 2.37. The molecule has 1 aromatic carbocycles. The van der Waals surface area contributed by atoms with Gasteiger partial charge in [-0.2, -0.15) is 5.26 Å². The van der Waals surface area contributed by atoms with E-state index in [4.69, 9.17) is 5.26 Å². The Balaban J connectivity index is 3.07. The highest BCUT2D eigenvalue weighted by molar-refractivity contribution is 5.65. The minimum Gasteiger partial charge on any atom is -0.251 e. The standard InChI is InChI=1S/C15H18FN/c1-4-12(3)13-5-6-14(7-11(2)9-16)15(8-13)10-17/h4-6,8,11H,7,9H2,1-3H3/b12-4+. The fraction of sp³-hybridized carbons (Fsp3) is 0.400. The quantitative estimate of drug-likeness (QED) is 0.764. The Bertz CT molecular complexity index is 454. The van der Waals surface area contributed by atoms with Gasteiger partial charge in [0.05, 0.1) is 18.3 Å². The minimum absolute atomic E-state index is 0.0317. The molecule has 1 atom stereocenters. The van der Waals surface area contributed by atoms with Crippen LogP contribution in [-0.4, -0.2) is 6.67 Å². The first-order valence-electron chi connectivity index (χ1n) is 5.84. The summed E-state index contributed by atoms with van der Waals surface area (Å²) >= 11 is 0. The molecule has 0 aliphatic heterocycles. The number of rotatable bonds is 4. The van der Waals surface area contributed by atoms with Crippen molar-refractivity contribution in [1.29, 1.82) is 5.26 Å². The maximum absolute atomic E-state index is 12.5. The van der Waals surface area contributed by atoms with Crippen LogP contribution in [0.4, 0.5) is 4.39 Å². The first-order chi connectivity index (χ1) is 8.12. The lowest BCUT2D eigenvalue weighted by molar-refractivity contribution is 0.381. The van der Waals surface area contributed by atoms with Gasteiger partial charge in [-0.05, 0) is 49.0 Å². The Hall–Kier alpha value is -1.62. The van der Waals surface area contributed by atoms with Crippen LogP contribution in [-0.2, 0) is 6.42 Å². The molecule has 2 heteroatoms. The molecule has 1 unspecified atom stereocenters. The highest BCUT2D eigenvalue weighted by atomic mass is 19.1. The molecule has 0 fully saturated rings. The van der Waals surface area contributed by atoms with E-state index in [0.717, 1.165) is 16.7 Å². The zero-order valence-corrected chi connectivity index (χ0v) is 10.6. The van der Waals surface area contributed by atoms with E-state index in [-0.39, 0.29) is 12.6 Å². The summed E-state index contributed by atoms with van der Waals surface area (Å²) in [5.41, 5.74) is 3.79. The SMILES string of the molecule is C/C=C(\C)c1ccc(CC(C)CF)c(C#N)c1. The molecule has 1 rings (SSSR count). The lowest BCUT2D eigenvalue weighted by atomic mass is 9.94. The molecule has 0 aromatic heterocycles. The van der Waals surface area contributed by atoms with Gasteiger partial charge in [0.2, 0.25) is 0 Å². The summed E-state index contributed by atoms with van der Waals surface area (Å²) in [6.45, 7) is 5.49. The van der Waals surface area contributed by atoms with Crippen LogP contribution >= 0.6 is 0 Å². The Morgan fingerprint density at radius 1 is 1.53 bits per heavy atom. The average molecular weight is 231 g/mol. The summed E-state index contributed by atoms with van der Waals surface area (Å²) in [7, 11) is 0. The van der Waals surface area contributed by atoms with Gasteiger partial charge in [0, 0.05) is 0 Å². The number of alkyl halides is 1. The second-order valence-corrected chi connectivity index (χ2v) is 4.42. The van der Waals surface area contributed by atoms with E-state index in [2.05, 4.69) is 6.07 Å². The van der Waals surface area contributed by atoms with E-state index in [0.29, 0.717) is 12.0 Å². The maximum Gasteiger partial charge on any atom is 0.0994 e. The normalized spacial score (nSPS) is 13.2. The fourth-order valence-corrected chi connectivity index (χ4v) is 1.70. The van der Waals surface area contributed by atoms with Crippen molar-refractivity contribution in [2.24, 2.45) is 5.92 Å². The predicted octanol–water partition coefficient (Wildman–Crippen LogP) is 4.13. The number of hydrogen-bond acceptors (Lipinski definition) is 1. The van der Waals surface area contributed by atoms with Gasteiger partial charge in [-0.3, -0.25) is 4.39 Å². The van der Waals surface area contributed by atoms with Gasteiger partial charge in [0.1, 0.15) is 0 Å². The maximum atomic E-state index is 12.5. The van der Waals surface area contributed by atoms with Crippen molar-refractivity contribution in [1.82, 2.24) is 0 Å². The monoisotopic (exact) mass is 231 g/mol. The van der Waals surface area contributed by atoms with Crippen molar-refractivity contribution >= 4 is 5.57 Å². The van der Waals surface area contributed by atoms with Crippen LogP contribution in [0.5, 0.6) is 0 Å². The van der Waals surface area contributed by atoms with Gasteiger partial charge in [-0.1, -0.05) is 25.1 Å². The van der Waals surface area contributed by atoms with Crippen LogP contribution in [0.3, 0.4) is 0 Å². The highest BCUT2D eigenvalue weighted by Crippen LogP contribution is 2.20. The third-order valence-corrected chi connectivity index (χ3v) is 2.95. The molecule has 90 valence electrons. The number of halogens is 1. The largest absolute Gasteiger partial charge is 0.251 e. The Kier molecular flexibility index (Phi) is 4.90. The van der Waals surface area contributed by atoms with Crippen LogP contribution in [0.1, 0.15) is 37.5 Å². The fourth-order valence-electron chi connectivity index (χ4n) is 1.70. The third kappa shape index (κ3) is 3.42. The van der Waals surface area contributed by atoms with E-state index in [1.807, 2.05) is 45.0 Å². The minimum atomic E-state index is -0.347. The molecule has 0 radical (unpaired) electrons. The predicted molar refractivity (Wildman–Crippen MR) is 69.3 cm³/mol. The summed E-state index contributed by atoms with van der Waals surface area (Å²) in [4.78, 5) is 0. The van der Waals surface area contributed by atoms with E-state index >= 15 is 0 Å². The lowest BCUT2D eigenvalue weighted by Crippen LogP contribution is -2.03. The summed E-state index contributed by atoms with van der Waals surface area (Å²) < 4.78 is 12.5. The first kappa shape index (κ1) is 13.4. The summed E-state index contributed by atoms with van der Waals surface area (Å²) in [6, 6.07) is 8.01. The van der Waals surface area contributed by atoms with Gasteiger partial charge in [0.15, 0.2) is 0 Å². The highest BCUT2D eigenvalue weighted by Gasteiger charge is 2.08. The molecule has 0 amide bonds. The summed E-state index contributed by atoms with van der Waals surface area (Å²) in [5, 5.41) is 9.12. The molecule has 0 bridgehead atoms. The van der Waals surface area contributed by atoms with Gasteiger partial charge in [0.25, 0.3) is 0 Å². The second kappa shape index (κ2) is 6.20. The van der Waals surface area contributed by atoms with Crippen molar-refractivity contribution in [2.45, 2.75) is 27.2 Å². The van der Waals surface area contributed by atoms with Crippen molar-refractivity contribution in [3.63, 3.8) is 0 Å². The van der Waals surface area contributed by atoms with Crippen molar-refractivity contribution in [2.75, 3.05) is 6.67 Å². The molecule has 0 aliphatic carbocycles. The molecule has 0 aliphatic rings. The van der Waals surface area contributed by atoms with Crippen LogP contribution in [0.15, 0.2) is 24.3 Å². The molecule has 0 N–H and O–H groups in total. The van der Waals surface area contributed by atoms with E-state index in [1.54, 1.807) is 0 Å². The van der Waals surface area contributed by atoms with Gasteiger partial charge < -0.3 is 0 Å².